The Bertz CT molecular complexity index is 1400. The number of hydrogen-bond donors (Lipinski definition) is 3. The van der Waals surface area contributed by atoms with Crippen LogP contribution in [0.3, 0.4) is 0 Å². The van der Waals surface area contributed by atoms with E-state index in [1.165, 1.54) is 5.01 Å². The summed E-state index contributed by atoms with van der Waals surface area (Å²) in [4.78, 5) is 11.7. The quantitative estimate of drug-likeness (QED) is 0.0584. The van der Waals surface area contributed by atoms with Gasteiger partial charge in [0, 0.05) is 57.2 Å². The summed E-state index contributed by atoms with van der Waals surface area (Å²) in [5.74, 6) is 1.42. The number of benzene rings is 1. The molecule has 248 valence electrons. The second-order valence-corrected chi connectivity index (χ2v) is 11.9. The molecule has 0 unspecified atom stereocenters. The smallest absolute Gasteiger partial charge is 0.256 e. The number of nitrogens with one attached hydrogen (secondary N) is 3. The lowest BCUT2D eigenvalue weighted by Crippen LogP contribution is -2.45. The topological polar surface area (TPSA) is 159 Å². The van der Waals surface area contributed by atoms with Crippen molar-refractivity contribution in [2.24, 2.45) is 5.22 Å². The summed E-state index contributed by atoms with van der Waals surface area (Å²) in [5, 5.41) is 20.4. The van der Waals surface area contributed by atoms with Crippen molar-refractivity contribution in [3.63, 3.8) is 0 Å². The largest absolute Gasteiger partial charge is 0.487 e. The molecule has 1 aliphatic heterocycles. The van der Waals surface area contributed by atoms with Gasteiger partial charge < -0.3 is 24.3 Å². The van der Waals surface area contributed by atoms with Crippen molar-refractivity contribution in [3.8, 4) is 22.8 Å². The molecular formula is C31H43ClN10O4. The monoisotopic (exact) mass is 654 g/mol. The van der Waals surface area contributed by atoms with E-state index in [1.807, 2.05) is 29.9 Å². The molecule has 5 rings (SSSR count). The first kappa shape index (κ1) is 33.5. The van der Waals surface area contributed by atoms with Gasteiger partial charge in [0.2, 0.25) is 5.95 Å². The summed E-state index contributed by atoms with van der Waals surface area (Å²) in [6.07, 6.45) is 11.2. The standard InChI is InChI=1S/C31H43ClN10O4/c1-22(19-41(21-33)39-34)46-29-16-23(4-9-27(29)32)24-17-35-31(36-18-24)37-28-20-42(38-30(28)45-13-3-12-43-2)26-7-5-25(6-8-26)40-10-14-44-15-11-40/h4,9,16-18,20-22,25-26,33-34H,3,5-8,10-15,19H2,1-2H3,(H,35,36,37)/t22-,25?,26?/m0/s1. The van der Waals surface area contributed by atoms with E-state index in [0.717, 1.165) is 81.6 Å². The highest BCUT2D eigenvalue weighted by Gasteiger charge is 2.29. The average Bonchev–Trinajstić information content (AvgIpc) is 3.49. The Morgan fingerprint density at radius 1 is 1.13 bits per heavy atom. The summed E-state index contributed by atoms with van der Waals surface area (Å²) >= 11 is 6.40. The van der Waals surface area contributed by atoms with E-state index in [1.54, 1.807) is 25.6 Å². The van der Waals surface area contributed by atoms with Gasteiger partial charge in [-0.15, -0.1) is 5.10 Å². The van der Waals surface area contributed by atoms with Crippen molar-refractivity contribution in [3.05, 3.63) is 41.8 Å². The number of ether oxygens (including phenoxy) is 4. The van der Waals surface area contributed by atoms with Crippen LogP contribution in [0.2, 0.25) is 5.02 Å². The molecule has 1 aliphatic carbocycles. The van der Waals surface area contributed by atoms with Crippen LogP contribution >= 0.6 is 11.6 Å². The van der Waals surface area contributed by atoms with Gasteiger partial charge in [-0.1, -0.05) is 22.9 Å². The van der Waals surface area contributed by atoms with E-state index in [0.29, 0.717) is 47.9 Å². The van der Waals surface area contributed by atoms with Crippen LogP contribution in [0, 0.1) is 10.9 Å². The van der Waals surface area contributed by atoms with Gasteiger partial charge >= 0.3 is 0 Å². The third-order valence-electron chi connectivity index (χ3n) is 8.24. The van der Waals surface area contributed by atoms with Crippen LogP contribution in [0.15, 0.2) is 42.0 Å². The lowest BCUT2D eigenvalue weighted by Gasteiger charge is -2.38. The lowest BCUT2D eigenvalue weighted by molar-refractivity contribution is 0.00503. The van der Waals surface area contributed by atoms with Crippen LogP contribution in [0.4, 0.5) is 11.6 Å². The third-order valence-corrected chi connectivity index (χ3v) is 8.56. The highest BCUT2D eigenvalue weighted by Crippen LogP contribution is 2.35. The lowest BCUT2D eigenvalue weighted by atomic mass is 9.90. The molecule has 3 aromatic rings. The number of aromatic nitrogens is 4. The number of hydrogen-bond acceptors (Lipinski definition) is 12. The molecule has 3 heterocycles. The van der Waals surface area contributed by atoms with E-state index in [-0.39, 0.29) is 12.6 Å². The highest BCUT2D eigenvalue weighted by atomic mass is 35.5. The summed E-state index contributed by atoms with van der Waals surface area (Å²) in [7, 11) is 1.68. The first-order chi connectivity index (χ1) is 22.5. The van der Waals surface area contributed by atoms with Crippen molar-refractivity contribution in [2.75, 3.05) is 58.5 Å². The zero-order valence-electron chi connectivity index (χ0n) is 26.4. The van der Waals surface area contributed by atoms with Gasteiger partial charge in [-0.2, -0.15) is 5.53 Å². The maximum Gasteiger partial charge on any atom is 0.256 e. The molecule has 15 heteroatoms. The van der Waals surface area contributed by atoms with E-state index >= 15 is 0 Å². The Labute approximate surface area is 274 Å². The van der Waals surface area contributed by atoms with E-state index in [9.17, 15) is 0 Å². The summed E-state index contributed by atoms with van der Waals surface area (Å²) in [5.41, 5.74) is 9.46. The van der Waals surface area contributed by atoms with E-state index < -0.39 is 0 Å². The van der Waals surface area contributed by atoms with Gasteiger partial charge in [0.25, 0.3) is 5.88 Å². The summed E-state index contributed by atoms with van der Waals surface area (Å²) < 4.78 is 24.8. The predicted molar refractivity (Wildman–Crippen MR) is 174 cm³/mol. The fourth-order valence-electron chi connectivity index (χ4n) is 5.83. The zero-order chi connectivity index (χ0) is 32.3. The summed E-state index contributed by atoms with van der Waals surface area (Å²) in [6, 6.07) is 6.36. The minimum atomic E-state index is -0.363. The first-order valence-electron chi connectivity index (χ1n) is 15.7. The number of rotatable bonds is 16. The molecule has 1 aromatic carbocycles. The Morgan fingerprint density at radius 2 is 1.87 bits per heavy atom. The number of methoxy groups -OCH3 is 1. The van der Waals surface area contributed by atoms with Crippen molar-refractivity contribution >= 4 is 29.6 Å². The number of nitrogens with zero attached hydrogens (tertiary/aromatic N) is 7. The van der Waals surface area contributed by atoms with E-state index in [4.69, 9.17) is 46.6 Å². The Kier molecular flexibility index (Phi) is 12.1. The number of halogens is 1. The van der Waals surface area contributed by atoms with Gasteiger partial charge in [-0.3, -0.25) is 15.0 Å². The normalized spacial score (nSPS) is 19.3. The van der Waals surface area contributed by atoms with Crippen molar-refractivity contribution in [2.45, 2.75) is 57.2 Å². The molecule has 46 heavy (non-hydrogen) atoms. The fraction of sp³-hybridized carbons (Fsp3) is 0.548. The van der Waals surface area contributed by atoms with Crippen LogP contribution in [-0.2, 0) is 9.47 Å². The van der Waals surface area contributed by atoms with Crippen LogP contribution in [0.1, 0.15) is 45.1 Å². The minimum absolute atomic E-state index is 0.238. The second kappa shape index (κ2) is 16.6. The number of anilines is 2. The van der Waals surface area contributed by atoms with Gasteiger partial charge in [0.15, 0.2) is 0 Å². The van der Waals surface area contributed by atoms with Crippen molar-refractivity contribution in [1.29, 1.82) is 10.9 Å². The Balaban J connectivity index is 1.25. The second-order valence-electron chi connectivity index (χ2n) is 11.5. The van der Waals surface area contributed by atoms with Crippen molar-refractivity contribution in [1.82, 2.24) is 29.7 Å². The molecule has 2 fully saturated rings. The van der Waals surface area contributed by atoms with Gasteiger partial charge in [-0.05, 0) is 50.3 Å². The molecule has 2 aromatic heterocycles. The zero-order valence-corrected chi connectivity index (χ0v) is 27.2. The molecule has 3 N–H and O–H groups in total. The van der Waals surface area contributed by atoms with E-state index in [2.05, 4.69) is 25.4 Å². The molecule has 0 bridgehead atoms. The first-order valence-corrected chi connectivity index (χ1v) is 16.1. The van der Waals surface area contributed by atoms with Crippen molar-refractivity contribution < 1.29 is 18.9 Å². The Morgan fingerprint density at radius 3 is 2.57 bits per heavy atom. The molecule has 0 amide bonds. The van der Waals surface area contributed by atoms with Crippen LogP contribution in [0.25, 0.3) is 11.1 Å². The fourth-order valence-corrected chi connectivity index (χ4v) is 5.99. The third kappa shape index (κ3) is 8.90. The Hall–Kier alpha value is -3.85. The highest BCUT2D eigenvalue weighted by molar-refractivity contribution is 6.32. The molecule has 0 spiro atoms. The molecular weight excluding hydrogens is 612 g/mol. The molecule has 1 atom stereocenters. The predicted octanol–water partition coefficient (Wildman–Crippen LogP) is 5.59. The molecule has 1 saturated heterocycles. The van der Waals surface area contributed by atoms with Gasteiger partial charge in [-0.25, -0.2) is 15.0 Å². The van der Waals surface area contributed by atoms with Crippen LogP contribution in [0.5, 0.6) is 11.6 Å². The molecule has 14 nitrogen and oxygen atoms in total. The van der Waals surface area contributed by atoms with Crippen LogP contribution in [-0.4, -0.2) is 101 Å². The maximum absolute atomic E-state index is 7.32. The molecule has 0 radical (unpaired) electrons. The van der Waals surface area contributed by atoms with Crippen LogP contribution < -0.4 is 14.8 Å². The summed E-state index contributed by atoms with van der Waals surface area (Å²) in [6.45, 7) is 6.84. The average molecular weight is 655 g/mol. The number of morpholine rings is 1. The van der Waals surface area contributed by atoms with Gasteiger partial charge in [0.1, 0.15) is 23.9 Å². The van der Waals surface area contributed by atoms with Gasteiger partial charge in [0.05, 0.1) is 43.6 Å². The SMILES string of the molecule is COCCCOc1nn(C2CCC(N3CCOCC3)CC2)cc1Nc1ncc(-c2ccc(Cl)c(O[C@@H](C)CN(C=N)N=N)c2)cn1. The maximum atomic E-state index is 7.32. The molecule has 2 aliphatic rings. The minimum Gasteiger partial charge on any atom is -0.487 e. The molecule has 1 saturated carbocycles.